The van der Waals surface area contributed by atoms with Gasteiger partial charge >= 0.3 is 0 Å². The van der Waals surface area contributed by atoms with Gasteiger partial charge in [0.2, 0.25) is 5.91 Å². The Morgan fingerprint density at radius 1 is 1.20 bits per heavy atom. The summed E-state index contributed by atoms with van der Waals surface area (Å²) in [6.07, 6.45) is 7.61. The summed E-state index contributed by atoms with van der Waals surface area (Å²) >= 11 is 0. The van der Waals surface area contributed by atoms with Crippen LogP contribution in [0.5, 0.6) is 0 Å². The van der Waals surface area contributed by atoms with E-state index in [-0.39, 0.29) is 11.9 Å². The normalized spacial score (nSPS) is 12.0. The van der Waals surface area contributed by atoms with Gasteiger partial charge in [0.05, 0.1) is 12.5 Å². The van der Waals surface area contributed by atoms with E-state index in [1.807, 2.05) is 50.4 Å². The van der Waals surface area contributed by atoms with Crippen molar-refractivity contribution in [1.29, 1.82) is 0 Å². The van der Waals surface area contributed by atoms with Gasteiger partial charge in [0.1, 0.15) is 5.82 Å². The number of hydrogen-bond acceptors (Lipinski definition) is 3. The van der Waals surface area contributed by atoms with Crippen LogP contribution < -0.4 is 5.32 Å². The lowest BCUT2D eigenvalue weighted by Crippen LogP contribution is -2.14. The SMILES string of the molecule is Cc1cncc(CC(=O)Nc2ccc([C@@H](C)n3ccnc3C)cc2)c1. The molecule has 0 aliphatic carbocycles. The lowest BCUT2D eigenvalue weighted by Gasteiger charge is -2.16. The van der Waals surface area contributed by atoms with E-state index < -0.39 is 0 Å². The van der Waals surface area contributed by atoms with Gasteiger partial charge in [-0.3, -0.25) is 9.78 Å². The summed E-state index contributed by atoms with van der Waals surface area (Å²) in [6, 6.07) is 10.1. The molecule has 0 bridgehead atoms. The molecule has 3 rings (SSSR count). The van der Waals surface area contributed by atoms with Crippen molar-refractivity contribution < 1.29 is 4.79 Å². The van der Waals surface area contributed by atoms with Crippen LogP contribution in [-0.4, -0.2) is 20.4 Å². The molecule has 0 radical (unpaired) electrons. The van der Waals surface area contributed by atoms with Gasteiger partial charge in [0, 0.05) is 30.5 Å². The molecule has 0 saturated heterocycles. The van der Waals surface area contributed by atoms with Crippen LogP contribution in [0, 0.1) is 13.8 Å². The fourth-order valence-electron chi connectivity index (χ4n) is 2.91. The number of benzene rings is 1. The van der Waals surface area contributed by atoms with Crippen molar-refractivity contribution in [1.82, 2.24) is 14.5 Å². The maximum Gasteiger partial charge on any atom is 0.228 e. The molecule has 0 aliphatic rings. The van der Waals surface area contributed by atoms with Gasteiger partial charge in [-0.05, 0) is 49.6 Å². The Kier molecular flexibility index (Phi) is 4.93. The van der Waals surface area contributed by atoms with Gasteiger partial charge in [0.25, 0.3) is 0 Å². The van der Waals surface area contributed by atoms with Crippen LogP contribution in [0.3, 0.4) is 0 Å². The molecule has 128 valence electrons. The second-order valence-corrected chi connectivity index (χ2v) is 6.28. The van der Waals surface area contributed by atoms with E-state index in [1.54, 1.807) is 18.6 Å². The molecule has 1 atom stereocenters. The molecule has 1 amide bonds. The van der Waals surface area contributed by atoms with Crippen molar-refractivity contribution in [2.75, 3.05) is 5.32 Å². The van der Waals surface area contributed by atoms with Gasteiger partial charge in [-0.2, -0.15) is 0 Å². The zero-order chi connectivity index (χ0) is 17.8. The Balaban J connectivity index is 1.64. The molecule has 2 aromatic heterocycles. The standard InChI is InChI=1S/C20H22N4O/c1-14-10-17(13-21-12-14)11-20(25)23-19-6-4-18(5-7-19)15(2)24-9-8-22-16(24)3/h4-10,12-13,15H,11H2,1-3H3,(H,23,25)/t15-/m1/s1. The van der Waals surface area contributed by atoms with E-state index in [9.17, 15) is 4.79 Å². The fraction of sp³-hybridized carbons (Fsp3) is 0.250. The predicted molar refractivity (Wildman–Crippen MR) is 98.5 cm³/mol. The predicted octanol–water partition coefficient (Wildman–Crippen LogP) is 3.69. The zero-order valence-electron chi connectivity index (χ0n) is 14.7. The molecule has 0 aliphatic heterocycles. The minimum Gasteiger partial charge on any atom is -0.328 e. The van der Waals surface area contributed by atoms with E-state index in [1.165, 1.54) is 5.56 Å². The van der Waals surface area contributed by atoms with Crippen molar-refractivity contribution in [3.05, 3.63) is 77.6 Å². The number of carbonyl (C=O) groups is 1. The number of carbonyl (C=O) groups excluding carboxylic acids is 1. The highest BCUT2D eigenvalue weighted by molar-refractivity contribution is 5.92. The number of amides is 1. The number of aryl methyl sites for hydroxylation is 2. The number of nitrogens with zero attached hydrogens (tertiary/aromatic N) is 3. The number of imidazole rings is 1. The maximum absolute atomic E-state index is 12.2. The summed E-state index contributed by atoms with van der Waals surface area (Å²) in [5.74, 6) is 0.940. The van der Waals surface area contributed by atoms with Gasteiger partial charge in [0.15, 0.2) is 0 Å². The van der Waals surface area contributed by atoms with Crippen molar-refractivity contribution >= 4 is 11.6 Å². The molecule has 5 heteroatoms. The topological polar surface area (TPSA) is 59.8 Å². The lowest BCUT2D eigenvalue weighted by atomic mass is 10.1. The molecule has 3 aromatic rings. The quantitative estimate of drug-likeness (QED) is 0.774. The number of nitrogens with one attached hydrogen (secondary N) is 1. The molecule has 1 aromatic carbocycles. The molecular weight excluding hydrogens is 312 g/mol. The Hall–Kier alpha value is -2.95. The van der Waals surface area contributed by atoms with Gasteiger partial charge in [-0.25, -0.2) is 4.98 Å². The maximum atomic E-state index is 12.2. The van der Waals surface area contributed by atoms with E-state index >= 15 is 0 Å². The Labute approximate surface area is 147 Å². The van der Waals surface area contributed by atoms with Gasteiger partial charge < -0.3 is 9.88 Å². The molecule has 2 heterocycles. The van der Waals surface area contributed by atoms with Crippen LogP contribution in [0.2, 0.25) is 0 Å². The molecule has 5 nitrogen and oxygen atoms in total. The van der Waals surface area contributed by atoms with Crippen LogP contribution in [0.25, 0.3) is 0 Å². The monoisotopic (exact) mass is 334 g/mol. The summed E-state index contributed by atoms with van der Waals surface area (Å²) in [5.41, 5.74) is 3.93. The van der Waals surface area contributed by atoms with Crippen molar-refractivity contribution in [3.63, 3.8) is 0 Å². The van der Waals surface area contributed by atoms with E-state index in [0.29, 0.717) is 6.42 Å². The van der Waals surface area contributed by atoms with Crippen LogP contribution in [0.4, 0.5) is 5.69 Å². The molecule has 1 N–H and O–H groups in total. The summed E-state index contributed by atoms with van der Waals surface area (Å²) in [5, 5.41) is 2.94. The number of pyridine rings is 1. The van der Waals surface area contributed by atoms with Crippen molar-refractivity contribution in [2.24, 2.45) is 0 Å². The summed E-state index contributed by atoms with van der Waals surface area (Å²) < 4.78 is 2.12. The summed E-state index contributed by atoms with van der Waals surface area (Å²) in [6.45, 7) is 6.09. The van der Waals surface area contributed by atoms with Gasteiger partial charge in [-0.1, -0.05) is 18.2 Å². The van der Waals surface area contributed by atoms with Crippen LogP contribution in [-0.2, 0) is 11.2 Å². The second-order valence-electron chi connectivity index (χ2n) is 6.28. The lowest BCUT2D eigenvalue weighted by molar-refractivity contribution is -0.115. The third kappa shape index (κ3) is 4.12. The first kappa shape index (κ1) is 16.9. The number of anilines is 1. The van der Waals surface area contributed by atoms with Crippen LogP contribution in [0.1, 0.15) is 35.5 Å². The Morgan fingerprint density at radius 3 is 2.60 bits per heavy atom. The summed E-state index contributed by atoms with van der Waals surface area (Å²) in [4.78, 5) is 20.6. The minimum absolute atomic E-state index is 0.0429. The Bertz CT molecular complexity index is 867. The van der Waals surface area contributed by atoms with E-state index in [0.717, 1.165) is 22.6 Å². The third-order valence-corrected chi connectivity index (χ3v) is 4.25. The fourth-order valence-corrected chi connectivity index (χ4v) is 2.91. The smallest absolute Gasteiger partial charge is 0.228 e. The highest BCUT2D eigenvalue weighted by Crippen LogP contribution is 2.21. The largest absolute Gasteiger partial charge is 0.328 e. The van der Waals surface area contributed by atoms with E-state index in [4.69, 9.17) is 0 Å². The average molecular weight is 334 g/mol. The molecule has 25 heavy (non-hydrogen) atoms. The minimum atomic E-state index is -0.0429. The number of hydrogen-bond donors (Lipinski definition) is 1. The zero-order valence-corrected chi connectivity index (χ0v) is 14.7. The highest BCUT2D eigenvalue weighted by Gasteiger charge is 2.10. The van der Waals surface area contributed by atoms with Crippen molar-refractivity contribution in [2.45, 2.75) is 33.2 Å². The van der Waals surface area contributed by atoms with Crippen LogP contribution >= 0.6 is 0 Å². The second kappa shape index (κ2) is 7.30. The molecule has 0 spiro atoms. The molecule has 0 unspecified atom stereocenters. The van der Waals surface area contributed by atoms with Crippen molar-refractivity contribution in [3.8, 4) is 0 Å². The first-order valence-corrected chi connectivity index (χ1v) is 8.32. The summed E-state index contributed by atoms with van der Waals surface area (Å²) in [7, 11) is 0. The molecule has 0 fully saturated rings. The number of rotatable bonds is 5. The molecule has 0 saturated carbocycles. The van der Waals surface area contributed by atoms with Crippen LogP contribution in [0.15, 0.2) is 55.1 Å². The average Bonchev–Trinajstić information content (AvgIpc) is 3.01. The Morgan fingerprint density at radius 2 is 1.96 bits per heavy atom. The van der Waals surface area contributed by atoms with E-state index in [2.05, 4.69) is 26.8 Å². The molecular formula is C20H22N4O. The first-order valence-electron chi connectivity index (χ1n) is 8.32. The third-order valence-electron chi connectivity index (χ3n) is 4.25. The first-order chi connectivity index (χ1) is 12.0. The highest BCUT2D eigenvalue weighted by atomic mass is 16.1. The number of aromatic nitrogens is 3. The van der Waals surface area contributed by atoms with Gasteiger partial charge in [-0.15, -0.1) is 0 Å².